The molecule has 3 heteroatoms. The van der Waals surface area contributed by atoms with Crippen LogP contribution in [0.5, 0.6) is 0 Å². The van der Waals surface area contributed by atoms with Crippen LogP contribution in [0.1, 0.15) is 50.5 Å². The van der Waals surface area contributed by atoms with Gasteiger partial charge < -0.3 is 4.42 Å². The van der Waals surface area contributed by atoms with Gasteiger partial charge in [-0.25, -0.2) is 0 Å². The number of fused-ring (bicyclic) bond motifs is 1. The maximum Gasteiger partial charge on any atom is 0.107 e. The normalized spacial score (nSPS) is 29.6. The first kappa shape index (κ1) is 14.2. The summed E-state index contributed by atoms with van der Waals surface area (Å²) in [5.41, 5.74) is 0. The molecule has 3 atom stereocenters. The fourth-order valence-corrected chi connectivity index (χ4v) is 3.78. The molecular weight excluding hydrogens is 248 g/mol. The van der Waals surface area contributed by atoms with Crippen LogP contribution < -0.4 is 0 Å². The molecule has 0 unspecified atom stereocenters. The molecule has 2 aliphatic heterocycles. The van der Waals surface area contributed by atoms with E-state index in [1.165, 1.54) is 45.4 Å². The summed E-state index contributed by atoms with van der Waals surface area (Å²) in [6, 6.07) is 5.74. The molecule has 0 saturated carbocycles. The predicted octanol–water partition coefficient (Wildman–Crippen LogP) is 3.25. The summed E-state index contributed by atoms with van der Waals surface area (Å²) in [6.07, 6.45) is 3.99. The smallest absolute Gasteiger partial charge is 0.107 e. The van der Waals surface area contributed by atoms with Crippen LogP contribution in [-0.2, 0) is 0 Å². The number of hydrogen-bond donors (Lipinski definition) is 0. The van der Waals surface area contributed by atoms with Crippen LogP contribution in [0.3, 0.4) is 0 Å². The predicted molar refractivity (Wildman–Crippen MR) is 82.1 cm³/mol. The highest BCUT2D eigenvalue weighted by molar-refractivity contribution is 5.09. The second-order valence-electron chi connectivity index (χ2n) is 6.77. The van der Waals surface area contributed by atoms with Crippen molar-refractivity contribution in [1.82, 2.24) is 9.80 Å². The van der Waals surface area contributed by atoms with Gasteiger partial charge in [-0.3, -0.25) is 9.80 Å². The zero-order valence-electron chi connectivity index (χ0n) is 13.1. The Balaban J connectivity index is 1.52. The molecule has 2 saturated heterocycles. The molecule has 2 fully saturated rings. The monoisotopic (exact) mass is 276 g/mol. The summed E-state index contributed by atoms with van der Waals surface area (Å²) in [6.45, 7) is 11.8. The third-order valence-corrected chi connectivity index (χ3v) is 5.16. The standard InChI is InChI=1S/C17H28N2O/c1-13(17-7-6-15(3)20-17)8-10-18-12-16-5-4-9-19(16)11-14(18)2/h6-7,13-14,16H,4-5,8-12H2,1-3H3/t13-,14-,16+/m1/s1. The van der Waals surface area contributed by atoms with Gasteiger partial charge in [0.2, 0.25) is 0 Å². The highest BCUT2D eigenvalue weighted by Gasteiger charge is 2.34. The van der Waals surface area contributed by atoms with E-state index in [9.17, 15) is 0 Å². The number of nitrogens with zero attached hydrogens (tertiary/aromatic N) is 2. The second kappa shape index (κ2) is 5.90. The Morgan fingerprint density at radius 2 is 2.20 bits per heavy atom. The van der Waals surface area contributed by atoms with Crippen LogP contribution in [0.2, 0.25) is 0 Å². The third-order valence-electron chi connectivity index (χ3n) is 5.16. The van der Waals surface area contributed by atoms with Crippen LogP contribution >= 0.6 is 0 Å². The molecule has 112 valence electrons. The molecular formula is C17H28N2O. The highest BCUT2D eigenvalue weighted by Crippen LogP contribution is 2.27. The molecule has 0 radical (unpaired) electrons. The zero-order chi connectivity index (χ0) is 14.1. The van der Waals surface area contributed by atoms with Gasteiger partial charge in [0.05, 0.1) is 0 Å². The summed E-state index contributed by atoms with van der Waals surface area (Å²) in [5, 5.41) is 0. The summed E-state index contributed by atoms with van der Waals surface area (Å²) < 4.78 is 5.75. The third kappa shape index (κ3) is 2.94. The van der Waals surface area contributed by atoms with Crippen LogP contribution in [-0.4, -0.2) is 48.1 Å². The number of aryl methyl sites for hydroxylation is 1. The molecule has 3 nitrogen and oxygen atoms in total. The molecule has 0 bridgehead atoms. The van der Waals surface area contributed by atoms with E-state index in [0.717, 1.165) is 17.6 Å². The Labute approximate surface area is 122 Å². The molecule has 1 aromatic rings. The Bertz CT molecular complexity index is 442. The van der Waals surface area contributed by atoms with Gasteiger partial charge in [-0.1, -0.05) is 6.92 Å². The van der Waals surface area contributed by atoms with Crippen molar-refractivity contribution in [3.8, 4) is 0 Å². The Hall–Kier alpha value is -0.800. The van der Waals surface area contributed by atoms with Gasteiger partial charge in [-0.15, -0.1) is 0 Å². The number of furan rings is 1. The summed E-state index contributed by atoms with van der Waals surface area (Å²) in [5.74, 6) is 2.70. The van der Waals surface area contributed by atoms with E-state index in [1.807, 2.05) is 6.92 Å². The first-order valence-corrected chi connectivity index (χ1v) is 8.18. The van der Waals surface area contributed by atoms with Crippen LogP contribution in [0, 0.1) is 6.92 Å². The maximum absolute atomic E-state index is 5.75. The first-order chi connectivity index (χ1) is 9.63. The zero-order valence-corrected chi connectivity index (χ0v) is 13.1. The molecule has 0 aliphatic carbocycles. The van der Waals surface area contributed by atoms with Gasteiger partial charge >= 0.3 is 0 Å². The van der Waals surface area contributed by atoms with Gasteiger partial charge in [-0.05, 0) is 58.3 Å². The summed E-state index contributed by atoms with van der Waals surface area (Å²) in [4.78, 5) is 5.39. The van der Waals surface area contributed by atoms with Crippen molar-refractivity contribution >= 4 is 0 Å². The van der Waals surface area contributed by atoms with Gasteiger partial charge in [0.1, 0.15) is 11.5 Å². The molecule has 3 heterocycles. The topological polar surface area (TPSA) is 19.6 Å². The van der Waals surface area contributed by atoms with Crippen LogP contribution in [0.15, 0.2) is 16.5 Å². The van der Waals surface area contributed by atoms with E-state index in [0.29, 0.717) is 12.0 Å². The minimum absolute atomic E-state index is 0.525. The maximum atomic E-state index is 5.75. The minimum Gasteiger partial charge on any atom is -0.466 e. The molecule has 0 spiro atoms. The van der Waals surface area contributed by atoms with Crippen molar-refractivity contribution in [3.05, 3.63) is 23.7 Å². The van der Waals surface area contributed by atoms with Gasteiger partial charge in [0.15, 0.2) is 0 Å². The van der Waals surface area contributed by atoms with E-state index in [4.69, 9.17) is 4.42 Å². The molecule has 0 amide bonds. The lowest BCUT2D eigenvalue weighted by atomic mass is 10.0. The lowest BCUT2D eigenvalue weighted by Crippen LogP contribution is -2.55. The van der Waals surface area contributed by atoms with E-state index in [2.05, 4.69) is 35.8 Å². The van der Waals surface area contributed by atoms with Crippen molar-refractivity contribution in [3.63, 3.8) is 0 Å². The van der Waals surface area contributed by atoms with E-state index >= 15 is 0 Å². The number of piperazine rings is 1. The molecule has 0 aromatic carbocycles. The van der Waals surface area contributed by atoms with Gasteiger partial charge in [0, 0.05) is 31.1 Å². The first-order valence-electron chi connectivity index (χ1n) is 8.18. The summed E-state index contributed by atoms with van der Waals surface area (Å²) in [7, 11) is 0. The fraction of sp³-hybridized carbons (Fsp3) is 0.765. The molecule has 20 heavy (non-hydrogen) atoms. The lowest BCUT2D eigenvalue weighted by Gasteiger charge is -2.42. The quantitative estimate of drug-likeness (QED) is 0.841. The van der Waals surface area contributed by atoms with Crippen molar-refractivity contribution in [2.75, 3.05) is 26.2 Å². The number of rotatable bonds is 4. The lowest BCUT2D eigenvalue weighted by molar-refractivity contribution is 0.0573. The SMILES string of the molecule is Cc1ccc([C@H](C)CCN2C[C@@H]3CCCN3C[C@H]2C)o1. The number of hydrogen-bond acceptors (Lipinski definition) is 3. The van der Waals surface area contributed by atoms with Crippen LogP contribution in [0.25, 0.3) is 0 Å². The average molecular weight is 276 g/mol. The minimum atomic E-state index is 0.525. The Kier molecular flexibility index (Phi) is 4.18. The fourth-order valence-electron chi connectivity index (χ4n) is 3.78. The van der Waals surface area contributed by atoms with Gasteiger partial charge in [-0.2, -0.15) is 0 Å². The van der Waals surface area contributed by atoms with Gasteiger partial charge in [0.25, 0.3) is 0 Å². The highest BCUT2D eigenvalue weighted by atomic mass is 16.3. The largest absolute Gasteiger partial charge is 0.466 e. The molecule has 0 N–H and O–H groups in total. The Morgan fingerprint density at radius 3 is 2.95 bits per heavy atom. The van der Waals surface area contributed by atoms with Crippen molar-refractivity contribution in [2.45, 2.75) is 58.0 Å². The molecule has 3 rings (SSSR count). The molecule has 2 aliphatic rings. The van der Waals surface area contributed by atoms with Crippen molar-refractivity contribution in [2.24, 2.45) is 0 Å². The van der Waals surface area contributed by atoms with E-state index in [1.54, 1.807) is 0 Å². The summed E-state index contributed by atoms with van der Waals surface area (Å²) >= 11 is 0. The van der Waals surface area contributed by atoms with E-state index < -0.39 is 0 Å². The molecule has 1 aromatic heterocycles. The average Bonchev–Trinajstić information content (AvgIpc) is 3.04. The second-order valence-corrected chi connectivity index (χ2v) is 6.77. The van der Waals surface area contributed by atoms with Crippen molar-refractivity contribution < 1.29 is 4.42 Å². The van der Waals surface area contributed by atoms with Crippen LogP contribution in [0.4, 0.5) is 0 Å². The Morgan fingerprint density at radius 1 is 1.35 bits per heavy atom. The van der Waals surface area contributed by atoms with Crippen molar-refractivity contribution in [1.29, 1.82) is 0 Å². The van der Waals surface area contributed by atoms with E-state index in [-0.39, 0.29) is 0 Å².